The average molecular weight is 426 g/mol. The van der Waals surface area contributed by atoms with Gasteiger partial charge in [-0.1, -0.05) is 30.3 Å². The van der Waals surface area contributed by atoms with Crippen LogP contribution in [0.5, 0.6) is 17.4 Å². The zero-order valence-corrected chi connectivity index (χ0v) is 17.5. The molecule has 32 heavy (non-hydrogen) atoms. The summed E-state index contributed by atoms with van der Waals surface area (Å²) in [4.78, 5) is 12.3. The third-order valence-electron chi connectivity index (χ3n) is 4.46. The van der Waals surface area contributed by atoms with Crippen LogP contribution in [0.4, 0.5) is 16.2 Å². The van der Waals surface area contributed by atoms with Crippen molar-refractivity contribution >= 4 is 17.4 Å². The molecular weight excluding hydrogens is 404 g/mol. The number of aromatic nitrogens is 2. The standard InChI is InChI=1S/C25H22N4O3/c1-2-31-24-17-16-23(28-29-24)18-8-10-19(11-9-18)26-25(30)27-20-12-14-22(15-13-20)32-21-6-4-3-5-7-21/h3-17H,2H2,1H3,(H2,26,27,30). The number of nitrogens with one attached hydrogen (secondary N) is 2. The number of benzene rings is 3. The van der Waals surface area contributed by atoms with E-state index in [2.05, 4.69) is 20.8 Å². The lowest BCUT2D eigenvalue weighted by Gasteiger charge is -2.10. The van der Waals surface area contributed by atoms with Gasteiger partial charge in [0.15, 0.2) is 0 Å². The van der Waals surface area contributed by atoms with Crippen LogP contribution in [0.2, 0.25) is 0 Å². The average Bonchev–Trinajstić information content (AvgIpc) is 2.82. The molecule has 7 heteroatoms. The molecule has 1 aromatic heterocycles. The van der Waals surface area contributed by atoms with Crippen molar-refractivity contribution in [2.45, 2.75) is 6.92 Å². The zero-order valence-electron chi connectivity index (χ0n) is 17.5. The van der Waals surface area contributed by atoms with Crippen LogP contribution in [0, 0.1) is 0 Å². The Kier molecular flexibility index (Phi) is 6.57. The van der Waals surface area contributed by atoms with Gasteiger partial charge >= 0.3 is 6.03 Å². The summed E-state index contributed by atoms with van der Waals surface area (Å²) in [6.07, 6.45) is 0. The van der Waals surface area contributed by atoms with E-state index in [-0.39, 0.29) is 6.03 Å². The number of carbonyl (C=O) groups excluding carboxylic acids is 1. The molecule has 0 saturated carbocycles. The molecule has 160 valence electrons. The van der Waals surface area contributed by atoms with Gasteiger partial charge in [-0.15, -0.1) is 10.2 Å². The van der Waals surface area contributed by atoms with Crippen LogP contribution in [0.15, 0.2) is 91.0 Å². The minimum Gasteiger partial charge on any atom is -0.477 e. The number of urea groups is 1. The van der Waals surface area contributed by atoms with Crippen molar-refractivity contribution in [1.82, 2.24) is 10.2 Å². The van der Waals surface area contributed by atoms with Crippen molar-refractivity contribution in [3.8, 4) is 28.6 Å². The molecule has 0 aliphatic heterocycles. The van der Waals surface area contributed by atoms with Gasteiger partial charge in [-0.05, 0) is 61.5 Å². The molecule has 0 atom stereocenters. The molecule has 4 rings (SSSR count). The van der Waals surface area contributed by atoms with Crippen molar-refractivity contribution in [1.29, 1.82) is 0 Å². The van der Waals surface area contributed by atoms with Crippen molar-refractivity contribution < 1.29 is 14.3 Å². The van der Waals surface area contributed by atoms with E-state index >= 15 is 0 Å². The van der Waals surface area contributed by atoms with Gasteiger partial charge < -0.3 is 20.1 Å². The van der Waals surface area contributed by atoms with Crippen LogP contribution in [0.25, 0.3) is 11.3 Å². The fourth-order valence-corrected chi connectivity index (χ4v) is 2.95. The van der Waals surface area contributed by atoms with Crippen LogP contribution >= 0.6 is 0 Å². The molecule has 7 nitrogen and oxygen atoms in total. The molecule has 1 heterocycles. The van der Waals surface area contributed by atoms with Crippen molar-refractivity contribution in [2.75, 3.05) is 17.2 Å². The Morgan fingerprint density at radius 3 is 1.97 bits per heavy atom. The lowest BCUT2D eigenvalue weighted by molar-refractivity contribution is 0.262. The van der Waals surface area contributed by atoms with E-state index in [0.29, 0.717) is 29.6 Å². The summed E-state index contributed by atoms with van der Waals surface area (Å²) in [6.45, 7) is 2.44. The Balaban J connectivity index is 1.32. The van der Waals surface area contributed by atoms with E-state index in [1.165, 1.54) is 0 Å². The molecule has 0 bridgehead atoms. The minimum absolute atomic E-state index is 0.338. The summed E-state index contributed by atoms with van der Waals surface area (Å²) in [5.74, 6) is 1.94. The highest BCUT2D eigenvalue weighted by Crippen LogP contribution is 2.23. The number of nitrogens with zero attached hydrogens (tertiary/aromatic N) is 2. The van der Waals surface area contributed by atoms with Gasteiger partial charge in [-0.25, -0.2) is 4.79 Å². The Bertz CT molecular complexity index is 1150. The maximum atomic E-state index is 12.3. The van der Waals surface area contributed by atoms with E-state index < -0.39 is 0 Å². The Hall–Kier alpha value is -4.39. The first-order valence-corrected chi connectivity index (χ1v) is 10.2. The highest BCUT2D eigenvalue weighted by atomic mass is 16.5. The molecular formula is C25H22N4O3. The van der Waals surface area contributed by atoms with Crippen molar-refractivity contribution in [3.05, 3.63) is 91.0 Å². The highest BCUT2D eigenvalue weighted by Gasteiger charge is 2.06. The lowest BCUT2D eigenvalue weighted by atomic mass is 10.1. The van der Waals surface area contributed by atoms with E-state index in [1.807, 2.05) is 67.6 Å². The number of hydrogen-bond donors (Lipinski definition) is 2. The summed E-state index contributed by atoms with van der Waals surface area (Å²) in [6, 6.07) is 27.3. The number of anilines is 2. The summed E-state index contributed by atoms with van der Waals surface area (Å²) < 4.78 is 11.1. The second-order valence-corrected chi connectivity index (χ2v) is 6.79. The number of amides is 2. The van der Waals surface area contributed by atoms with Gasteiger partial charge in [0, 0.05) is 23.0 Å². The topological polar surface area (TPSA) is 85.4 Å². The third-order valence-corrected chi connectivity index (χ3v) is 4.46. The number of hydrogen-bond acceptors (Lipinski definition) is 5. The normalized spacial score (nSPS) is 10.3. The molecule has 0 unspecified atom stereocenters. The van der Waals surface area contributed by atoms with E-state index in [4.69, 9.17) is 9.47 Å². The molecule has 0 saturated heterocycles. The SMILES string of the molecule is CCOc1ccc(-c2ccc(NC(=O)Nc3ccc(Oc4ccccc4)cc3)cc2)nn1. The molecule has 0 aliphatic carbocycles. The monoisotopic (exact) mass is 426 g/mol. The molecule has 0 aliphatic rings. The van der Waals surface area contributed by atoms with Crippen molar-refractivity contribution in [3.63, 3.8) is 0 Å². The largest absolute Gasteiger partial charge is 0.477 e. The summed E-state index contributed by atoms with van der Waals surface area (Å²) >= 11 is 0. The number of rotatable bonds is 7. The van der Waals surface area contributed by atoms with Gasteiger partial charge in [0.05, 0.1) is 12.3 Å². The van der Waals surface area contributed by atoms with Crippen LogP contribution in [-0.4, -0.2) is 22.8 Å². The highest BCUT2D eigenvalue weighted by molar-refractivity contribution is 5.99. The molecule has 3 aromatic carbocycles. The predicted molar refractivity (Wildman–Crippen MR) is 124 cm³/mol. The fourth-order valence-electron chi connectivity index (χ4n) is 2.95. The molecule has 4 aromatic rings. The second kappa shape index (κ2) is 10.1. The van der Waals surface area contributed by atoms with Gasteiger partial charge in [-0.2, -0.15) is 0 Å². The summed E-state index contributed by atoms with van der Waals surface area (Å²) in [7, 11) is 0. The maximum absolute atomic E-state index is 12.3. The predicted octanol–water partition coefficient (Wildman–Crippen LogP) is 5.98. The van der Waals surface area contributed by atoms with E-state index in [0.717, 1.165) is 17.0 Å². The molecule has 0 spiro atoms. The van der Waals surface area contributed by atoms with Gasteiger partial charge in [0.1, 0.15) is 11.5 Å². The smallest absolute Gasteiger partial charge is 0.323 e. The van der Waals surface area contributed by atoms with Gasteiger partial charge in [0.2, 0.25) is 5.88 Å². The third kappa shape index (κ3) is 5.60. The first-order valence-electron chi connectivity index (χ1n) is 10.2. The fraction of sp³-hybridized carbons (Fsp3) is 0.0800. The number of carbonyl (C=O) groups is 1. The summed E-state index contributed by atoms with van der Waals surface area (Å²) in [5.41, 5.74) is 2.93. The quantitative estimate of drug-likeness (QED) is 0.380. The van der Waals surface area contributed by atoms with Crippen LogP contribution in [-0.2, 0) is 0 Å². The Morgan fingerprint density at radius 2 is 1.38 bits per heavy atom. The lowest BCUT2D eigenvalue weighted by Crippen LogP contribution is -2.19. The molecule has 0 fully saturated rings. The van der Waals surface area contributed by atoms with Gasteiger partial charge in [0.25, 0.3) is 0 Å². The first-order chi connectivity index (χ1) is 15.7. The van der Waals surface area contributed by atoms with Gasteiger partial charge in [-0.3, -0.25) is 0 Å². The maximum Gasteiger partial charge on any atom is 0.323 e. The Labute approximate surface area is 186 Å². The second-order valence-electron chi connectivity index (χ2n) is 6.79. The Morgan fingerprint density at radius 1 is 0.750 bits per heavy atom. The number of ether oxygens (including phenoxy) is 2. The van der Waals surface area contributed by atoms with Crippen LogP contribution in [0.1, 0.15) is 6.92 Å². The van der Waals surface area contributed by atoms with Crippen molar-refractivity contribution in [2.24, 2.45) is 0 Å². The van der Waals surface area contributed by atoms with E-state index in [1.54, 1.807) is 30.3 Å². The molecule has 2 amide bonds. The van der Waals surface area contributed by atoms with Crippen LogP contribution in [0.3, 0.4) is 0 Å². The molecule has 2 N–H and O–H groups in total. The number of para-hydroxylation sites is 1. The zero-order chi connectivity index (χ0) is 22.2. The summed E-state index contributed by atoms with van der Waals surface area (Å²) in [5, 5.41) is 13.8. The van der Waals surface area contributed by atoms with Crippen LogP contribution < -0.4 is 20.1 Å². The minimum atomic E-state index is -0.338. The molecule has 0 radical (unpaired) electrons. The first kappa shape index (κ1) is 20.9. The van der Waals surface area contributed by atoms with E-state index in [9.17, 15) is 4.79 Å².